The van der Waals surface area contributed by atoms with Crippen molar-refractivity contribution in [1.29, 1.82) is 0 Å². The third kappa shape index (κ3) is 3.72. The van der Waals surface area contributed by atoms with Gasteiger partial charge in [-0.3, -0.25) is 4.79 Å². The van der Waals surface area contributed by atoms with Crippen LogP contribution in [-0.4, -0.2) is 12.5 Å². The Bertz CT molecular complexity index is 595. The van der Waals surface area contributed by atoms with Crippen molar-refractivity contribution in [1.82, 2.24) is 5.32 Å². The van der Waals surface area contributed by atoms with Crippen LogP contribution in [0.4, 0.5) is 5.69 Å². The lowest BCUT2D eigenvalue weighted by Gasteiger charge is -2.07. The molecule has 1 aromatic carbocycles. The van der Waals surface area contributed by atoms with Crippen LogP contribution < -0.4 is 11.1 Å². The second-order valence-electron chi connectivity index (χ2n) is 4.29. The average Bonchev–Trinajstić information content (AvgIpc) is 2.75. The first-order valence-electron chi connectivity index (χ1n) is 5.95. The van der Waals surface area contributed by atoms with E-state index >= 15 is 0 Å². The molecule has 0 aliphatic rings. The number of carbonyl (C=O) groups is 1. The molecule has 1 heterocycles. The molecule has 0 aliphatic carbocycles. The molecule has 19 heavy (non-hydrogen) atoms. The number of anilines is 1. The molecule has 0 saturated heterocycles. The van der Waals surface area contributed by atoms with E-state index in [9.17, 15) is 4.79 Å². The highest BCUT2D eigenvalue weighted by Crippen LogP contribution is 2.21. The Morgan fingerprint density at radius 2 is 2.16 bits per heavy atom. The van der Waals surface area contributed by atoms with E-state index in [1.54, 1.807) is 18.2 Å². The fourth-order valence-corrected chi connectivity index (χ4v) is 2.91. The molecule has 0 spiro atoms. The molecular formula is C14H15ClN2OS. The van der Waals surface area contributed by atoms with E-state index < -0.39 is 0 Å². The Kier molecular flexibility index (Phi) is 4.45. The summed E-state index contributed by atoms with van der Waals surface area (Å²) in [7, 11) is 0. The highest BCUT2D eigenvalue weighted by atomic mass is 35.5. The molecule has 100 valence electrons. The number of thiophene rings is 1. The van der Waals surface area contributed by atoms with Gasteiger partial charge in [0.25, 0.3) is 5.91 Å². The van der Waals surface area contributed by atoms with Crippen molar-refractivity contribution in [2.75, 3.05) is 12.3 Å². The van der Waals surface area contributed by atoms with Crippen molar-refractivity contribution in [3.05, 3.63) is 50.7 Å². The van der Waals surface area contributed by atoms with Crippen LogP contribution in [0.2, 0.25) is 4.34 Å². The van der Waals surface area contributed by atoms with Gasteiger partial charge in [-0.2, -0.15) is 0 Å². The number of nitrogens with two attached hydrogens (primary N) is 1. The fraction of sp³-hybridized carbons (Fsp3) is 0.214. The van der Waals surface area contributed by atoms with Crippen molar-refractivity contribution in [3.8, 4) is 0 Å². The van der Waals surface area contributed by atoms with Gasteiger partial charge in [-0.25, -0.2) is 0 Å². The second-order valence-corrected chi connectivity index (χ2v) is 6.09. The van der Waals surface area contributed by atoms with Crippen LogP contribution in [-0.2, 0) is 6.42 Å². The number of halogens is 1. The maximum absolute atomic E-state index is 12.0. The van der Waals surface area contributed by atoms with Crippen molar-refractivity contribution >= 4 is 34.5 Å². The maximum atomic E-state index is 12.0. The van der Waals surface area contributed by atoms with Crippen molar-refractivity contribution in [3.63, 3.8) is 0 Å². The standard InChI is InChI=1S/C14H15ClN2OS/c1-9-8-10(16)2-4-12(9)14(18)17-7-6-11-3-5-13(15)19-11/h2-5,8H,6-7,16H2,1H3,(H,17,18). The second kappa shape index (κ2) is 6.08. The number of rotatable bonds is 4. The molecule has 5 heteroatoms. The van der Waals surface area contributed by atoms with Crippen LogP contribution >= 0.6 is 22.9 Å². The molecule has 3 nitrogen and oxygen atoms in total. The summed E-state index contributed by atoms with van der Waals surface area (Å²) in [6.07, 6.45) is 0.789. The first kappa shape index (κ1) is 13.9. The Balaban J connectivity index is 1.90. The van der Waals surface area contributed by atoms with Crippen molar-refractivity contribution in [2.45, 2.75) is 13.3 Å². The molecule has 0 saturated carbocycles. The lowest BCUT2D eigenvalue weighted by Crippen LogP contribution is -2.26. The van der Waals surface area contributed by atoms with Crippen molar-refractivity contribution < 1.29 is 4.79 Å². The SMILES string of the molecule is Cc1cc(N)ccc1C(=O)NCCc1ccc(Cl)s1. The summed E-state index contributed by atoms with van der Waals surface area (Å²) in [5.41, 5.74) is 7.88. The lowest BCUT2D eigenvalue weighted by molar-refractivity contribution is 0.0953. The zero-order chi connectivity index (χ0) is 13.8. The zero-order valence-corrected chi connectivity index (χ0v) is 12.1. The summed E-state index contributed by atoms with van der Waals surface area (Å²) < 4.78 is 0.774. The quantitative estimate of drug-likeness (QED) is 0.850. The van der Waals surface area contributed by atoms with E-state index in [1.165, 1.54) is 16.2 Å². The molecule has 1 aromatic heterocycles. The number of nitrogens with one attached hydrogen (secondary N) is 1. The fourth-order valence-electron chi connectivity index (χ4n) is 1.82. The highest BCUT2D eigenvalue weighted by molar-refractivity contribution is 7.16. The smallest absolute Gasteiger partial charge is 0.251 e. The van der Waals surface area contributed by atoms with E-state index in [2.05, 4.69) is 5.32 Å². The summed E-state index contributed by atoms with van der Waals surface area (Å²) in [4.78, 5) is 13.2. The summed E-state index contributed by atoms with van der Waals surface area (Å²) in [5, 5.41) is 2.90. The van der Waals surface area contributed by atoms with Gasteiger partial charge >= 0.3 is 0 Å². The first-order chi connectivity index (χ1) is 9.06. The molecule has 3 N–H and O–H groups in total. The van der Waals surface area contributed by atoms with Gasteiger partial charge < -0.3 is 11.1 Å². The van der Waals surface area contributed by atoms with Gasteiger partial charge in [0.05, 0.1) is 4.34 Å². The first-order valence-corrected chi connectivity index (χ1v) is 7.14. The monoisotopic (exact) mass is 294 g/mol. The number of hydrogen-bond acceptors (Lipinski definition) is 3. The number of nitrogen functional groups attached to an aromatic ring is 1. The van der Waals surface area contributed by atoms with Crippen LogP contribution in [0.1, 0.15) is 20.8 Å². The molecule has 0 fully saturated rings. The summed E-state index contributed by atoms with van der Waals surface area (Å²) in [6.45, 7) is 2.48. The van der Waals surface area contributed by atoms with Crippen LogP contribution in [0, 0.1) is 6.92 Å². The molecule has 0 unspecified atom stereocenters. The predicted octanol–water partition coefficient (Wildman–Crippen LogP) is 3.26. The molecule has 1 amide bonds. The number of aryl methyl sites for hydroxylation is 1. The van der Waals surface area contributed by atoms with E-state index in [1.807, 2.05) is 19.1 Å². The average molecular weight is 295 g/mol. The van der Waals surface area contributed by atoms with E-state index in [0.717, 1.165) is 16.3 Å². The molecule has 0 atom stereocenters. The van der Waals surface area contributed by atoms with Crippen LogP contribution in [0.25, 0.3) is 0 Å². The highest BCUT2D eigenvalue weighted by Gasteiger charge is 2.08. The third-order valence-electron chi connectivity index (χ3n) is 2.78. The largest absolute Gasteiger partial charge is 0.399 e. The molecule has 2 aromatic rings. The van der Waals surface area contributed by atoms with Gasteiger partial charge in [0.15, 0.2) is 0 Å². The molecular weight excluding hydrogens is 280 g/mol. The molecule has 0 bridgehead atoms. The predicted molar refractivity (Wildman–Crippen MR) is 81.0 cm³/mol. The minimum Gasteiger partial charge on any atom is -0.399 e. The summed E-state index contributed by atoms with van der Waals surface area (Å²) in [5.74, 6) is -0.0693. The van der Waals surface area contributed by atoms with Gasteiger partial charge in [-0.15, -0.1) is 11.3 Å². The lowest BCUT2D eigenvalue weighted by atomic mass is 10.1. The minimum atomic E-state index is -0.0693. The van der Waals surface area contributed by atoms with Gasteiger partial charge in [-0.1, -0.05) is 11.6 Å². The maximum Gasteiger partial charge on any atom is 0.251 e. The van der Waals surface area contributed by atoms with Gasteiger partial charge in [0, 0.05) is 22.7 Å². The Hall–Kier alpha value is -1.52. The number of carbonyl (C=O) groups excluding carboxylic acids is 1. The van der Waals surface area contributed by atoms with Gasteiger partial charge in [-0.05, 0) is 49.2 Å². The molecule has 0 aliphatic heterocycles. The number of benzene rings is 1. The minimum absolute atomic E-state index is 0.0693. The van der Waals surface area contributed by atoms with Crippen molar-refractivity contribution in [2.24, 2.45) is 0 Å². The Morgan fingerprint density at radius 1 is 1.37 bits per heavy atom. The van der Waals surface area contributed by atoms with Gasteiger partial charge in [0.1, 0.15) is 0 Å². The van der Waals surface area contributed by atoms with Crippen LogP contribution in [0.3, 0.4) is 0 Å². The van der Waals surface area contributed by atoms with Crippen LogP contribution in [0.5, 0.6) is 0 Å². The van der Waals surface area contributed by atoms with E-state index in [0.29, 0.717) is 17.8 Å². The summed E-state index contributed by atoms with van der Waals surface area (Å²) >= 11 is 7.39. The van der Waals surface area contributed by atoms with Crippen LogP contribution in [0.15, 0.2) is 30.3 Å². The molecule has 0 radical (unpaired) electrons. The molecule has 2 rings (SSSR count). The Morgan fingerprint density at radius 3 is 2.79 bits per heavy atom. The topological polar surface area (TPSA) is 55.1 Å². The zero-order valence-electron chi connectivity index (χ0n) is 10.6. The van der Waals surface area contributed by atoms with E-state index in [-0.39, 0.29) is 5.91 Å². The normalized spacial score (nSPS) is 10.4. The number of hydrogen-bond donors (Lipinski definition) is 2. The third-order valence-corrected chi connectivity index (χ3v) is 4.07. The van der Waals surface area contributed by atoms with Gasteiger partial charge in [0.2, 0.25) is 0 Å². The van der Waals surface area contributed by atoms with E-state index in [4.69, 9.17) is 17.3 Å². The Labute approximate surface area is 121 Å². The number of amides is 1. The summed E-state index contributed by atoms with van der Waals surface area (Å²) in [6, 6.07) is 9.14.